The van der Waals surface area contributed by atoms with E-state index in [2.05, 4.69) is 60.3 Å². The number of aromatic nitrogens is 5. The van der Waals surface area contributed by atoms with Gasteiger partial charge in [0, 0.05) is 0 Å². The van der Waals surface area contributed by atoms with Crippen molar-refractivity contribution in [2.75, 3.05) is 0 Å². The lowest BCUT2D eigenvalue weighted by molar-refractivity contribution is -0.942. The zero-order valence-electron chi connectivity index (χ0n) is 18.7. The predicted octanol–water partition coefficient (Wildman–Crippen LogP) is 2.26. The molecule has 0 amide bonds. The molecule has 0 aliphatic carbocycles. The van der Waals surface area contributed by atoms with E-state index in [0.29, 0.717) is 19.6 Å². The number of H-pyrrole nitrogens is 1. The second kappa shape index (κ2) is 8.11. The average Bonchev–Trinajstić information content (AvgIpc) is 3.34. The van der Waals surface area contributed by atoms with Crippen LogP contribution in [-0.2, 0) is 25.2 Å². The fourth-order valence-electron chi connectivity index (χ4n) is 4.04. The number of fused-ring (bicyclic) bond motifs is 1. The van der Waals surface area contributed by atoms with Crippen molar-refractivity contribution in [2.24, 2.45) is 0 Å². The fourth-order valence-corrected chi connectivity index (χ4v) is 4.04. The fraction of sp³-hybridized carbons (Fsp3) is 0.391. The molecule has 1 unspecified atom stereocenters. The predicted molar refractivity (Wildman–Crippen MR) is 118 cm³/mol. The average molecular weight is 422 g/mol. The molecule has 4 aromatic rings. The highest BCUT2D eigenvalue weighted by Gasteiger charge is 2.24. The van der Waals surface area contributed by atoms with E-state index in [0.717, 1.165) is 38.5 Å². The lowest BCUT2D eigenvalue weighted by atomic mass is 10.1. The summed E-state index contributed by atoms with van der Waals surface area (Å²) in [6.45, 7) is 12.0. The molecule has 4 rings (SSSR count). The van der Waals surface area contributed by atoms with Crippen LogP contribution in [0, 0.1) is 13.8 Å². The molecule has 0 fully saturated rings. The van der Waals surface area contributed by atoms with Crippen molar-refractivity contribution in [3.63, 3.8) is 0 Å². The molecule has 8 nitrogen and oxygen atoms in total. The second-order valence-corrected chi connectivity index (χ2v) is 9.21. The van der Waals surface area contributed by atoms with Gasteiger partial charge in [-0.2, -0.15) is 0 Å². The van der Waals surface area contributed by atoms with Gasteiger partial charge in [-0.1, -0.05) is 11.6 Å². The minimum absolute atomic E-state index is 0.0631. The van der Waals surface area contributed by atoms with Gasteiger partial charge >= 0.3 is 0 Å². The number of benzene rings is 1. The summed E-state index contributed by atoms with van der Waals surface area (Å²) in [4.78, 5) is 17.1. The van der Waals surface area contributed by atoms with Gasteiger partial charge in [0.2, 0.25) is 5.82 Å². The summed E-state index contributed by atoms with van der Waals surface area (Å²) in [7, 11) is 0. The number of hydrogen-bond donors (Lipinski definition) is 2. The Hall–Kier alpha value is -3.26. The van der Waals surface area contributed by atoms with Crippen molar-refractivity contribution in [1.82, 2.24) is 25.2 Å². The minimum atomic E-state index is -0.232. The summed E-state index contributed by atoms with van der Waals surface area (Å²) >= 11 is 0. The number of rotatable bonds is 6. The first kappa shape index (κ1) is 21.0. The minimum Gasteiger partial charge on any atom is -0.463 e. The van der Waals surface area contributed by atoms with Crippen LogP contribution in [0.1, 0.15) is 49.0 Å². The molecule has 31 heavy (non-hydrogen) atoms. The zero-order chi connectivity index (χ0) is 22.2. The van der Waals surface area contributed by atoms with Gasteiger partial charge in [-0.05, 0) is 80.3 Å². The smallest absolute Gasteiger partial charge is 0.257 e. The normalized spacial score (nSPS) is 13.1. The van der Waals surface area contributed by atoms with Crippen LogP contribution in [0.2, 0.25) is 0 Å². The molecular weight excluding hydrogens is 392 g/mol. The first-order valence-corrected chi connectivity index (χ1v) is 10.5. The highest BCUT2D eigenvalue weighted by atomic mass is 16.3. The molecule has 0 spiro atoms. The summed E-state index contributed by atoms with van der Waals surface area (Å²) in [6, 6.07) is 10.0. The van der Waals surface area contributed by atoms with E-state index in [-0.39, 0.29) is 11.1 Å². The van der Waals surface area contributed by atoms with Crippen molar-refractivity contribution >= 4 is 10.9 Å². The molecule has 1 atom stereocenters. The van der Waals surface area contributed by atoms with Crippen molar-refractivity contribution in [3.8, 4) is 0 Å². The van der Waals surface area contributed by atoms with Crippen LogP contribution in [0.15, 0.2) is 45.8 Å². The number of tetrazole rings is 1. The summed E-state index contributed by atoms with van der Waals surface area (Å²) in [5.41, 5.74) is 3.57. The molecule has 2 N–H and O–H groups in total. The third-order valence-electron chi connectivity index (χ3n) is 5.39. The Morgan fingerprint density at radius 3 is 2.65 bits per heavy atom. The van der Waals surface area contributed by atoms with Gasteiger partial charge < -0.3 is 14.3 Å². The second-order valence-electron chi connectivity index (χ2n) is 9.21. The third kappa shape index (κ3) is 4.59. The molecule has 1 aromatic carbocycles. The molecule has 0 saturated carbocycles. The van der Waals surface area contributed by atoms with Crippen LogP contribution in [0.4, 0.5) is 0 Å². The lowest BCUT2D eigenvalue weighted by Crippen LogP contribution is -3.08. The SMILES string of the molecule is Cc1cc(C)c2[nH]c(=O)c(C[NH+](Cc3ccco3)Cc3nnnn3C(C)(C)C)cc2c1. The molecule has 0 radical (unpaired) electrons. The van der Waals surface area contributed by atoms with E-state index < -0.39 is 0 Å². The Balaban J connectivity index is 1.69. The maximum atomic E-state index is 12.9. The maximum absolute atomic E-state index is 12.9. The van der Waals surface area contributed by atoms with Crippen LogP contribution >= 0.6 is 0 Å². The van der Waals surface area contributed by atoms with Gasteiger partial charge in [-0.25, -0.2) is 4.68 Å². The van der Waals surface area contributed by atoms with E-state index in [1.807, 2.05) is 29.8 Å². The molecule has 162 valence electrons. The summed E-state index contributed by atoms with van der Waals surface area (Å²) < 4.78 is 7.42. The van der Waals surface area contributed by atoms with Gasteiger partial charge in [0.15, 0.2) is 5.76 Å². The van der Waals surface area contributed by atoms with Crippen LogP contribution in [0.25, 0.3) is 10.9 Å². The molecule has 0 aliphatic heterocycles. The Labute approximate surface area is 180 Å². The van der Waals surface area contributed by atoms with E-state index in [1.165, 1.54) is 5.56 Å². The monoisotopic (exact) mass is 421 g/mol. The van der Waals surface area contributed by atoms with Gasteiger partial charge in [0.25, 0.3) is 5.56 Å². The highest BCUT2D eigenvalue weighted by molar-refractivity contribution is 5.82. The Morgan fingerprint density at radius 1 is 1.13 bits per heavy atom. The third-order valence-corrected chi connectivity index (χ3v) is 5.39. The molecule has 3 aromatic heterocycles. The molecule has 0 bridgehead atoms. The first-order valence-electron chi connectivity index (χ1n) is 10.5. The van der Waals surface area contributed by atoms with Crippen LogP contribution in [-0.4, -0.2) is 25.2 Å². The number of hydrogen-bond acceptors (Lipinski definition) is 5. The highest BCUT2D eigenvalue weighted by Crippen LogP contribution is 2.18. The van der Waals surface area contributed by atoms with Gasteiger partial charge in [-0.3, -0.25) is 4.79 Å². The van der Waals surface area contributed by atoms with Crippen molar-refractivity contribution in [3.05, 3.63) is 75.2 Å². The van der Waals surface area contributed by atoms with Crippen LogP contribution < -0.4 is 10.5 Å². The number of aromatic amines is 1. The number of nitrogens with one attached hydrogen (secondary N) is 2. The number of aryl methyl sites for hydroxylation is 2. The van der Waals surface area contributed by atoms with E-state index in [9.17, 15) is 4.79 Å². The molecule has 3 heterocycles. The Kier molecular flexibility index (Phi) is 5.49. The van der Waals surface area contributed by atoms with Crippen molar-refractivity contribution < 1.29 is 9.32 Å². The summed E-state index contributed by atoms with van der Waals surface area (Å²) in [6.07, 6.45) is 1.67. The number of nitrogens with zero attached hydrogens (tertiary/aromatic N) is 4. The molecular formula is C23H29N6O2+. The lowest BCUT2D eigenvalue weighted by Gasteiger charge is -2.22. The van der Waals surface area contributed by atoms with Crippen molar-refractivity contribution in [1.29, 1.82) is 0 Å². The number of quaternary nitrogens is 1. The molecule has 0 saturated heterocycles. The van der Waals surface area contributed by atoms with E-state index in [4.69, 9.17) is 4.42 Å². The van der Waals surface area contributed by atoms with Crippen LogP contribution in [0.3, 0.4) is 0 Å². The van der Waals surface area contributed by atoms with Gasteiger partial charge in [-0.15, -0.1) is 5.10 Å². The maximum Gasteiger partial charge on any atom is 0.257 e. The van der Waals surface area contributed by atoms with Crippen molar-refractivity contribution in [2.45, 2.75) is 59.8 Å². The quantitative estimate of drug-likeness (QED) is 0.498. The topological polar surface area (TPSA) is 94.0 Å². The van der Waals surface area contributed by atoms with E-state index >= 15 is 0 Å². The molecule has 0 aliphatic rings. The first-order chi connectivity index (χ1) is 14.7. The van der Waals surface area contributed by atoms with Crippen LogP contribution in [0.5, 0.6) is 0 Å². The largest absolute Gasteiger partial charge is 0.463 e. The number of furan rings is 1. The molecule has 8 heteroatoms. The summed E-state index contributed by atoms with van der Waals surface area (Å²) in [5, 5.41) is 13.4. The zero-order valence-corrected chi connectivity index (χ0v) is 18.7. The summed E-state index contributed by atoms with van der Waals surface area (Å²) in [5.74, 6) is 1.63. The Bertz CT molecular complexity index is 1250. The standard InChI is InChI=1S/C23H28N6O2/c1-15-9-16(2)21-17(10-15)11-18(22(30)24-21)12-28(13-19-7-6-8-31-19)14-20-25-26-27-29(20)23(3,4)5/h6-11H,12-14H2,1-5H3,(H,24,30)/p+1. The van der Waals surface area contributed by atoms with Gasteiger partial charge in [0.1, 0.15) is 19.6 Å². The van der Waals surface area contributed by atoms with E-state index in [1.54, 1.807) is 6.26 Å². The van der Waals surface area contributed by atoms with Gasteiger partial charge in [0.05, 0.1) is 22.9 Å². The number of pyridine rings is 1. The Morgan fingerprint density at radius 2 is 1.94 bits per heavy atom.